The van der Waals surface area contributed by atoms with Crippen molar-refractivity contribution in [3.63, 3.8) is 0 Å². The topological polar surface area (TPSA) is 24.5 Å². The number of rotatable bonds is 0. The Kier molecular flexibility index (Phi) is 2.69. The standard InChI is InChI=1S/C9H16N2OS/c1-10-9(13)11-5-6-12-8-4-2-3-7(8)11/h7-8H,2-6H2,1H3,(H,10,13)/t7-,8+/m1/s1. The lowest BCUT2D eigenvalue weighted by Crippen LogP contribution is -2.53. The SMILES string of the molecule is CNC(=S)N1CCO[C@H]2CCC[C@H]21. The Morgan fingerprint density at radius 2 is 2.38 bits per heavy atom. The number of fused-ring (bicyclic) bond motifs is 1. The average molecular weight is 200 g/mol. The zero-order valence-electron chi connectivity index (χ0n) is 7.95. The summed E-state index contributed by atoms with van der Waals surface area (Å²) in [6.45, 7) is 1.77. The van der Waals surface area contributed by atoms with E-state index < -0.39 is 0 Å². The first kappa shape index (κ1) is 9.21. The highest BCUT2D eigenvalue weighted by atomic mass is 32.1. The fourth-order valence-electron chi connectivity index (χ4n) is 2.32. The third-order valence-corrected chi connectivity index (χ3v) is 3.40. The largest absolute Gasteiger partial charge is 0.374 e. The molecule has 0 aromatic heterocycles. The van der Waals surface area contributed by atoms with Crippen molar-refractivity contribution in [2.75, 3.05) is 20.2 Å². The van der Waals surface area contributed by atoms with E-state index in [1.165, 1.54) is 19.3 Å². The van der Waals surface area contributed by atoms with Gasteiger partial charge in [0.2, 0.25) is 0 Å². The van der Waals surface area contributed by atoms with Crippen molar-refractivity contribution in [1.82, 2.24) is 10.2 Å². The number of ether oxygens (including phenoxy) is 1. The molecule has 0 spiro atoms. The summed E-state index contributed by atoms with van der Waals surface area (Å²) in [5, 5.41) is 3.92. The highest BCUT2D eigenvalue weighted by Gasteiger charge is 2.36. The Labute approximate surface area is 84.4 Å². The maximum atomic E-state index is 5.70. The molecule has 0 aromatic rings. The molecule has 0 unspecified atom stereocenters. The fourth-order valence-corrected chi connectivity index (χ4v) is 2.55. The highest BCUT2D eigenvalue weighted by Crippen LogP contribution is 2.29. The summed E-state index contributed by atoms with van der Waals surface area (Å²) in [4.78, 5) is 2.29. The van der Waals surface area contributed by atoms with Crippen LogP contribution in [0.5, 0.6) is 0 Å². The molecule has 1 N–H and O–H groups in total. The molecule has 2 fully saturated rings. The molecule has 2 rings (SSSR count). The molecule has 0 amide bonds. The summed E-state index contributed by atoms with van der Waals surface area (Å²) in [5.41, 5.74) is 0. The molecular weight excluding hydrogens is 184 g/mol. The van der Waals surface area contributed by atoms with Gasteiger partial charge in [0.05, 0.1) is 18.8 Å². The highest BCUT2D eigenvalue weighted by molar-refractivity contribution is 7.80. The third-order valence-electron chi connectivity index (χ3n) is 2.96. The second-order valence-corrected chi connectivity index (χ2v) is 4.04. The van der Waals surface area contributed by atoms with Crippen molar-refractivity contribution in [2.45, 2.75) is 31.4 Å². The molecule has 1 aliphatic heterocycles. The molecular formula is C9H16N2OS. The summed E-state index contributed by atoms with van der Waals surface area (Å²) in [6.07, 6.45) is 4.14. The van der Waals surface area contributed by atoms with Crippen LogP contribution in [0.1, 0.15) is 19.3 Å². The quantitative estimate of drug-likeness (QED) is 0.583. The predicted octanol–water partition coefficient (Wildman–Crippen LogP) is 0.744. The summed E-state index contributed by atoms with van der Waals surface area (Å²) in [7, 11) is 1.89. The number of thiocarbonyl (C=S) groups is 1. The van der Waals surface area contributed by atoms with Gasteiger partial charge in [-0.3, -0.25) is 0 Å². The van der Waals surface area contributed by atoms with Gasteiger partial charge < -0.3 is 15.0 Å². The Morgan fingerprint density at radius 3 is 3.15 bits per heavy atom. The first-order valence-electron chi connectivity index (χ1n) is 4.93. The molecule has 4 heteroatoms. The second-order valence-electron chi connectivity index (χ2n) is 3.66. The van der Waals surface area contributed by atoms with Crippen LogP contribution in [0.25, 0.3) is 0 Å². The van der Waals surface area contributed by atoms with Crippen molar-refractivity contribution in [3.05, 3.63) is 0 Å². The lowest BCUT2D eigenvalue weighted by atomic mass is 10.1. The predicted molar refractivity (Wildman–Crippen MR) is 55.7 cm³/mol. The van der Waals surface area contributed by atoms with Crippen molar-refractivity contribution in [2.24, 2.45) is 0 Å². The van der Waals surface area contributed by atoms with E-state index in [2.05, 4.69) is 10.2 Å². The fraction of sp³-hybridized carbons (Fsp3) is 0.889. The van der Waals surface area contributed by atoms with Crippen LogP contribution in [-0.2, 0) is 4.74 Å². The van der Waals surface area contributed by atoms with E-state index in [-0.39, 0.29) is 0 Å². The minimum atomic E-state index is 0.431. The Morgan fingerprint density at radius 1 is 1.54 bits per heavy atom. The van der Waals surface area contributed by atoms with Crippen molar-refractivity contribution >= 4 is 17.3 Å². The summed E-state index contributed by atoms with van der Waals surface area (Å²) < 4.78 is 5.70. The Hall–Kier alpha value is -0.350. The van der Waals surface area contributed by atoms with Gasteiger partial charge in [-0.25, -0.2) is 0 Å². The van der Waals surface area contributed by atoms with E-state index in [1.54, 1.807) is 0 Å². The Bertz CT molecular complexity index is 210. The van der Waals surface area contributed by atoms with Gasteiger partial charge in [0.15, 0.2) is 5.11 Å². The van der Waals surface area contributed by atoms with E-state index in [1.807, 2.05) is 7.05 Å². The van der Waals surface area contributed by atoms with Gasteiger partial charge in [-0.15, -0.1) is 0 Å². The van der Waals surface area contributed by atoms with Crippen LogP contribution in [0.4, 0.5) is 0 Å². The zero-order chi connectivity index (χ0) is 9.26. The molecule has 0 aromatic carbocycles. The van der Waals surface area contributed by atoms with Crippen LogP contribution in [0, 0.1) is 0 Å². The average Bonchev–Trinajstić information content (AvgIpc) is 2.63. The van der Waals surface area contributed by atoms with Gasteiger partial charge in [-0.2, -0.15) is 0 Å². The van der Waals surface area contributed by atoms with Crippen molar-refractivity contribution in [1.29, 1.82) is 0 Å². The van der Waals surface area contributed by atoms with Crippen LogP contribution < -0.4 is 5.32 Å². The maximum absolute atomic E-state index is 5.70. The van der Waals surface area contributed by atoms with Gasteiger partial charge in [0.1, 0.15) is 0 Å². The van der Waals surface area contributed by atoms with Gasteiger partial charge in [-0.05, 0) is 31.5 Å². The van der Waals surface area contributed by atoms with Crippen LogP contribution in [0.15, 0.2) is 0 Å². The van der Waals surface area contributed by atoms with Gasteiger partial charge in [0, 0.05) is 13.6 Å². The first-order valence-corrected chi connectivity index (χ1v) is 5.33. The number of morpholine rings is 1. The molecule has 2 atom stereocenters. The van der Waals surface area contributed by atoms with Gasteiger partial charge in [-0.1, -0.05) is 0 Å². The molecule has 13 heavy (non-hydrogen) atoms. The molecule has 1 saturated heterocycles. The second kappa shape index (κ2) is 3.80. The van der Waals surface area contributed by atoms with Crippen LogP contribution >= 0.6 is 12.2 Å². The zero-order valence-corrected chi connectivity index (χ0v) is 8.77. The summed E-state index contributed by atoms with van der Waals surface area (Å²) in [6, 6.07) is 0.536. The molecule has 1 aliphatic carbocycles. The molecule has 3 nitrogen and oxygen atoms in total. The number of hydrogen-bond donors (Lipinski definition) is 1. The normalized spacial score (nSPS) is 32.8. The number of hydrogen-bond acceptors (Lipinski definition) is 2. The molecule has 1 saturated carbocycles. The Balaban J connectivity index is 2.05. The smallest absolute Gasteiger partial charge is 0.169 e. The lowest BCUT2D eigenvalue weighted by molar-refractivity contribution is -0.0294. The molecule has 74 valence electrons. The van der Waals surface area contributed by atoms with Crippen molar-refractivity contribution < 1.29 is 4.74 Å². The van der Waals surface area contributed by atoms with E-state index in [9.17, 15) is 0 Å². The third kappa shape index (κ3) is 1.65. The minimum absolute atomic E-state index is 0.431. The monoisotopic (exact) mass is 200 g/mol. The van der Waals surface area contributed by atoms with Crippen LogP contribution in [0.2, 0.25) is 0 Å². The summed E-state index contributed by atoms with van der Waals surface area (Å²) >= 11 is 5.26. The number of nitrogens with one attached hydrogen (secondary N) is 1. The minimum Gasteiger partial charge on any atom is -0.374 e. The maximum Gasteiger partial charge on any atom is 0.169 e. The van der Waals surface area contributed by atoms with E-state index >= 15 is 0 Å². The molecule has 0 radical (unpaired) electrons. The van der Waals surface area contributed by atoms with Crippen molar-refractivity contribution in [3.8, 4) is 0 Å². The molecule has 0 bridgehead atoms. The molecule has 1 heterocycles. The van der Waals surface area contributed by atoms with Crippen LogP contribution in [0.3, 0.4) is 0 Å². The number of nitrogens with zero attached hydrogens (tertiary/aromatic N) is 1. The molecule has 2 aliphatic rings. The van der Waals surface area contributed by atoms with E-state index in [0.717, 1.165) is 18.3 Å². The summed E-state index contributed by atoms with van der Waals surface area (Å²) in [5.74, 6) is 0. The van der Waals surface area contributed by atoms with Gasteiger partial charge >= 0.3 is 0 Å². The first-order chi connectivity index (χ1) is 6.33. The van der Waals surface area contributed by atoms with E-state index in [0.29, 0.717) is 12.1 Å². The van der Waals surface area contributed by atoms with Gasteiger partial charge in [0.25, 0.3) is 0 Å². The lowest BCUT2D eigenvalue weighted by Gasteiger charge is -2.38. The van der Waals surface area contributed by atoms with Crippen LogP contribution in [-0.4, -0.2) is 42.4 Å². The van der Waals surface area contributed by atoms with E-state index in [4.69, 9.17) is 17.0 Å².